The Labute approximate surface area is 124 Å². The topological polar surface area (TPSA) is 61.4 Å². The van der Waals surface area contributed by atoms with Gasteiger partial charge in [0.05, 0.1) is 5.56 Å². The van der Waals surface area contributed by atoms with Gasteiger partial charge in [0.15, 0.2) is 0 Å². The fourth-order valence-electron chi connectivity index (χ4n) is 2.05. The molecule has 0 saturated carbocycles. The first-order valence-electron chi connectivity index (χ1n) is 6.94. The van der Waals surface area contributed by atoms with E-state index in [0.29, 0.717) is 11.3 Å². The Balaban J connectivity index is 2.22. The Kier molecular flexibility index (Phi) is 4.48. The van der Waals surface area contributed by atoms with Gasteiger partial charge in [0, 0.05) is 17.4 Å². The van der Waals surface area contributed by atoms with Crippen molar-refractivity contribution in [3.05, 3.63) is 53.6 Å². The van der Waals surface area contributed by atoms with Crippen molar-refractivity contribution in [1.82, 2.24) is 0 Å². The van der Waals surface area contributed by atoms with Gasteiger partial charge in [-0.25, -0.2) is 0 Å². The van der Waals surface area contributed by atoms with Crippen LogP contribution >= 0.6 is 0 Å². The number of carbonyl (C=O) groups excluding carboxylic acids is 1. The van der Waals surface area contributed by atoms with Crippen LogP contribution in [0, 0.1) is 6.92 Å². The molecule has 2 aromatic rings. The molecule has 2 rings (SSSR count). The molecule has 0 aromatic heterocycles. The van der Waals surface area contributed by atoms with Crippen LogP contribution < -0.4 is 10.6 Å². The zero-order chi connectivity index (χ0) is 15.4. The lowest BCUT2D eigenvalue weighted by Crippen LogP contribution is -2.17. The van der Waals surface area contributed by atoms with E-state index in [1.54, 1.807) is 31.2 Å². The molecular formula is C17H20N2O2. The lowest BCUT2D eigenvalue weighted by molar-refractivity contribution is 0.102. The van der Waals surface area contributed by atoms with Crippen LogP contribution in [0.25, 0.3) is 0 Å². The molecule has 0 aliphatic carbocycles. The molecule has 0 bridgehead atoms. The maximum atomic E-state index is 12.4. The Morgan fingerprint density at radius 1 is 1.14 bits per heavy atom. The zero-order valence-corrected chi connectivity index (χ0v) is 12.5. The third-order valence-electron chi connectivity index (χ3n) is 3.07. The van der Waals surface area contributed by atoms with Gasteiger partial charge < -0.3 is 15.7 Å². The largest absolute Gasteiger partial charge is 0.508 e. The van der Waals surface area contributed by atoms with E-state index in [-0.39, 0.29) is 17.7 Å². The van der Waals surface area contributed by atoms with Crippen molar-refractivity contribution in [2.45, 2.75) is 26.8 Å². The lowest BCUT2D eigenvalue weighted by Gasteiger charge is -2.14. The molecule has 2 aromatic carbocycles. The average Bonchev–Trinajstić information content (AvgIpc) is 2.43. The molecule has 0 spiro atoms. The molecule has 110 valence electrons. The molecule has 3 N–H and O–H groups in total. The summed E-state index contributed by atoms with van der Waals surface area (Å²) in [4.78, 5) is 12.4. The number of para-hydroxylation sites is 1. The number of aryl methyl sites for hydroxylation is 1. The highest BCUT2D eigenvalue weighted by Crippen LogP contribution is 2.22. The van der Waals surface area contributed by atoms with Gasteiger partial charge in [-0.05, 0) is 56.7 Å². The van der Waals surface area contributed by atoms with Crippen LogP contribution in [0.5, 0.6) is 5.75 Å². The summed E-state index contributed by atoms with van der Waals surface area (Å²) >= 11 is 0. The van der Waals surface area contributed by atoms with Gasteiger partial charge in [0.1, 0.15) is 5.75 Å². The summed E-state index contributed by atoms with van der Waals surface area (Å²) in [5.41, 5.74) is 2.79. The molecule has 1 amide bonds. The number of aromatic hydroxyl groups is 1. The monoisotopic (exact) mass is 284 g/mol. The Hall–Kier alpha value is -2.49. The Bertz CT molecular complexity index is 651. The second-order valence-electron chi connectivity index (χ2n) is 5.30. The third-order valence-corrected chi connectivity index (χ3v) is 3.07. The lowest BCUT2D eigenvalue weighted by atomic mass is 10.1. The predicted molar refractivity (Wildman–Crippen MR) is 86.0 cm³/mol. The van der Waals surface area contributed by atoms with Crippen molar-refractivity contribution >= 4 is 17.3 Å². The molecule has 0 atom stereocenters. The number of phenols is 1. The molecule has 0 heterocycles. The molecule has 0 aliphatic heterocycles. The zero-order valence-electron chi connectivity index (χ0n) is 12.5. The van der Waals surface area contributed by atoms with E-state index in [9.17, 15) is 9.90 Å². The van der Waals surface area contributed by atoms with Gasteiger partial charge in [-0.1, -0.05) is 12.1 Å². The van der Waals surface area contributed by atoms with Gasteiger partial charge >= 0.3 is 0 Å². The van der Waals surface area contributed by atoms with Gasteiger partial charge in [-0.3, -0.25) is 4.79 Å². The average molecular weight is 284 g/mol. The van der Waals surface area contributed by atoms with Crippen LogP contribution in [0.1, 0.15) is 29.8 Å². The van der Waals surface area contributed by atoms with E-state index in [2.05, 4.69) is 10.6 Å². The highest BCUT2D eigenvalue weighted by Gasteiger charge is 2.12. The van der Waals surface area contributed by atoms with E-state index in [4.69, 9.17) is 0 Å². The molecule has 0 saturated heterocycles. The minimum absolute atomic E-state index is 0.177. The van der Waals surface area contributed by atoms with E-state index in [1.165, 1.54) is 0 Å². The SMILES string of the molecule is Cc1cc(NC(=O)c2ccccc2NC(C)C)ccc1O. The van der Waals surface area contributed by atoms with Crippen LogP contribution in [0.4, 0.5) is 11.4 Å². The molecule has 21 heavy (non-hydrogen) atoms. The molecule has 0 radical (unpaired) electrons. The van der Waals surface area contributed by atoms with Crippen LogP contribution in [0.3, 0.4) is 0 Å². The summed E-state index contributed by atoms with van der Waals surface area (Å²) in [6.45, 7) is 5.84. The number of nitrogens with one attached hydrogen (secondary N) is 2. The summed E-state index contributed by atoms with van der Waals surface area (Å²) in [5.74, 6) is 0.0405. The first-order chi connectivity index (χ1) is 9.97. The number of carbonyl (C=O) groups is 1. The van der Waals surface area contributed by atoms with Gasteiger partial charge in [0.25, 0.3) is 5.91 Å². The first kappa shape index (κ1) is 14.9. The maximum absolute atomic E-state index is 12.4. The quantitative estimate of drug-likeness (QED) is 0.749. The standard InChI is InChI=1S/C17H20N2O2/c1-11(2)18-15-7-5-4-6-14(15)17(21)19-13-8-9-16(20)12(3)10-13/h4-11,18,20H,1-3H3,(H,19,21). The van der Waals surface area contributed by atoms with Gasteiger partial charge in [-0.2, -0.15) is 0 Å². The molecule has 0 unspecified atom stereocenters. The van der Waals surface area contributed by atoms with Crippen molar-refractivity contribution < 1.29 is 9.90 Å². The number of phenolic OH excluding ortho intramolecular Hbond substituents is 1. The maximum Gasteiger partial charge on any atom is 0.257 e. The number of hydrogen-bond acceptors (Lipinski definition) is 3. The van der Waals surface area contributed by atoms with Crippen LogP contribution in [-0.4, -0.2) is 17.1 Å². The predicted octanol–water partition coefficient (Wildman–Crippen LogP) is 3.77. The van der Waals surface area contributed by atoms with Crippen molar-refractivity contribution in [3.63, 3.8) is 0 Å². The van der Waals surface area contributed by atoms with Crippen molar-refractivity contribution in [3.8, 4) is 5.75 Å². The number of amides is 1. The Morgan fingerprint density at radius 3 is 2.52 bits per heavy atom. The van der Waals surface area contributed by atoms with E-state index in [1.807, 2.05) is 32.0 Å². The first-order valence-corrected chi connectivity index (χ1v) is 6.94. The number of benzene rings is 2. The Morgan fingerprint density at radius 2 is 1.86 bits per heavy atom. The minimum atomic E-state index is -0.177. The highest BCUT2D eigenvalue weighted by atomic mass is 16.3. The molecule has 0 fully saturated rings. The van der Waals surface area contributed by atoms with E-state index in [0.717, 1.165) is 11.3 Å². The smallest absolute Gasteiger partial charge is 0.257 e. The summed E-state index contributed by atoms with van der Waals surface area (Å²) in [6, 6.07) is 12.6. The van der Waals surface area contributed by atoms with Gasteiger partial charge in [0.2, 0.25) is 0 Å². The van der Waals surface area contributed by atoms with E-state index < -0.39 is 0 Å². The van der Waals surface area contributed by atoms with Gasteiger partial charge in [-0.15, -0.1) is 0 Å². The molecular weight excluding hydrogens is 264 g/mol. The van der Waals surface area contributed by atoms with Crippen LogP contribution in [0.15, 0.2) is 42.5 Å². The summed E-state index contributed by atoms with van der Waals surface area (Å²) in [7, 11) is 0. The third kappa shape index (κ3) is 3.75. The number of anilines is 2. The summed E-state index contributed by atoms with van der Waals surface area (Å²) < 4.78 is 0. The highest BCUT2D eigenvalue weighted by molar-refractivity contribution is 6.08. The summed E-state index contributed by atoms with van der Waals surface area (Å²) in [5, 5.41) is 15.6. The molecule has 4 heteroatoms. The molecule has 0 aliphatic rings. The van der Waals surface area contributed by atoms with E-state index >= 15 is 0 Å². The summed E-state index contributed by atoms with van der Waals surface area (Å²) in [6.07, 6.45) is 0. The second kappa shape index (κ2) is 6.31. The van der Waals surface area contributed by atoms with Crippen LogP contribution in [-0.2, 0) is 0 Å². The minimum Gasteiger partial charge on any atom is -0.508 e. The van der Waals surface area contributed by atoms with Crippen molar-refractivity contribution in [1.29, 1.82) is 0 Å². The second-order valence-corrected chi connectivity index (χ2v) is 5.30. The molecule has 4 nitrogen and oxygen atoms in total. The van der Waals surface area contributed by atoms with Crippen LogP contribution in [0.2, 0.25) is 0 Å². The van der Waals surface area contributed by atoms with Crippen molar-refractivity contribution in [2.75, 3.05) is 10.6 Å². The normalized spacial score (nSPS) is 10.5. The fourth-order valence-corrected chi connectivity index (χ4v) is 2.05. The van der Waals surface area contributed by atoms with Crippen molar-refractivity contribution in [2.24, 2.45) is 0 Å². The number of hydrogen-bond donors (Lipinski definition) is 3. The fraction of sp³-hybridized carbons (Fsp3) is 0.235. The number of rotatable bonds is 4.